The topological polar surface area (TPSA) is 67.2 Å². The Morgan fingerprint density at radius 1 is 1.00 bits per heavy atom. The molecule has 7 heteroatoms. The predicted molar refractivity (Wildman–Crippen MR) is 109 cm³/mol. The highest BCUT2D eigenvalue weighted by molar-refractivity contribution is 7.95. The molecule has 0 unspecified atom stereocenters. The molecule has 0 aromatic heterocycles. The maximum absolute atomic E-state index is 12.9. The van der Waals surface area contributed by atoms with E-state index in [0.717, 1.165) is 5.56 Å². The van der Waals surface area contributed by atoms with Gasteiger partial charge in [-0.15, -0.1) is 0 Å². The first-order valence-corrected chi connectivity index (χ1v) is 10.3. The van der Waals surface area contributed by atoms with Crippen molar-refractivity contribution < 1.29 is 17.5 Å². The van der Waals surface area contributed by atoms with Gasteiger partial charge >= 0.3 is 0 Å². The van der Waals surface area contributed by atoms with E-state index in [2.05, 4.69) is 0 Å². The second kappa shape index (κ2) is 8.91. The fourth-order valence-corrected chi connectivity index (χ4v) is 3.76. The molecule has 0 N–H and O–H groups in total. The predicted octanol–water partition coefficient (Wildman–Crippen LogP) is 5.40. The van der Waals surface area contributed by atoms with Crippen molar-refractivity contribution in [2.24, 2.45) is 0 Å². The van der Waals surface area contributed by atoms with Gasteiger partial charge in [-0.1, -0.05) is 35.9 Å². The van der Waals surface area contributed by atoms with Crippen LogP contribution < -0.4 is 4.74 Å². The minimum Gasteiger partial charge on any atom is -0.489 e. The molecule has 3 aromatic rings. The summed E-state index contributed by atoms with van der Waals surface area (Å²) in [6.45, 7) is 0.268. The molecule has 0 saturated heterocycles. The molecule has 0 heterocycles. The van der Waals surface area contributed by atoms with Gasteiger partial charge in [0.05, 0.1) is 4.90 Å². The maximum Gasteiger partial charge on any atom is 0.216 e. The van der Waals surface area contributed by atoms with Crippen LogP contribution in [0.1, 0.15) is 11.1 Å². The molecule has 3 aromatic carbocycles. The zero-order chi connectivity index (χ0) is 20.9. The maximum atomic E-state index is 12.9. The lowest BCUT2D eigenvalue weighted by atomic mass is 10.2. The molecular weight excluding hydrogens is 413 g/mol. The summed E-state index contributed by atoms with van der Waals surface area (Å²) in [4.78, 5) is -0.381. The summed E-state index contributed by atoms with van der Waals surface area (Å²) in [5.41, 5.74) is 1.35. The normalized spacial score (nSPS) is 11.7. The van der Waals surface area contributed by atoms with Crippen molar-refractivity contribution in [3.05, 3.63) is 99.7 Å². The third kappa shape index (κ3) is 5.23. The fourth-order valence-electron chi connectivity index (χ4n) is 2.47. The molecule has 0 amide bonds. The van der Waals surface area contributed by atoms with E-state index in [9.17, 15) is 18.1 Å². The quantitative estimate of drug-likeness (QED) is 0.494. The van der Waals surface area contributed by atoms with Crippen molar-refractivity contribution in [1.82, 2.24) is 0 Å². The molecule has 0 saturated carbocycles. The number of rotatable bonds is 6. The number of halogens is 2. The number of hydrogen-bond acceptors (Lipinski definition) is 4. The Hall–Kier alpha value is -3.14. The standard InChI is InChI=1S/C22H15ClFNO3S/c23-18-5-11-21(12-6-18)29(26,27)22(14-25)13-16-3-9-20(10-4-16)28-15-17-1-7-19(24)8-2-17/h1-13H,15H2. The van der Waals surface area contributed by atoms with Crippen molar-refractivity contribution in [3.8, 4) is 11.8 Å². The monoisotopic (exact) mass is 427 g/mol. The lowest BCUT2D eigenvalue weighted by Crippen LogP contribution is -2.03. The highest BCUT2D eigenvalue weighted by Gasteiger charge is 2.20. The summed E-state index contributed by atoms with van der Waals surface area (Å²) >= 11 is 5.79. The Morgan fingerprint density at radius 3 is 2.21 bits per heavy atom. The summed E-state index contributed by atoms with van der Waals surface area (Å²) in [6, 6.07) is 20.0. The summed E-state index contributed by atoms with van der Waals surface area (Å²) < 4.78 is 43.8. The van der Waals surface area contributed by atoms with Gasteiger partial charge in [-0.05, 0) is 65.7 Å². The van der Waals surface area contributed by atoms with E-state index < -0.39 is 9.84 Å². The first-order valence-electron chi connectivity index (χ1n) is 8.48. The van der Waals surface area contributed by atoms with Crippen molar-refractivity contribution >= 4 is 27.5 Å². The van der Waals surface area contributed by atoms with Crippen LogP contribution in [0.4, 0.5) is 4.39 Å². The van der Waals surface area contributed by atoms with Crippen LogP contribution in [0.5, 0.6) is 5.75 Å². The summed E-state index contributed by atoms with van der Waals surface area (Å²) in [7, 11) is -3.95. The SMILES string of the molecule is N#CC(=Cc1ccc(OCc2ccc(F)cc2)cc1)S(=O)(=O)c1ccc(Cl)cc1. The van der Waals surface area contributed by atoms with Crippen LogP contribution in [0.25, 0.3) is 6.08 Å². The Bertz CT molecular complexity index is 1160. The molecule has 29 heavy (non-hydrogen) atoms. The van der Waals surface area contributed by atoms with Gasteiger partial charge in [0.2, 0.25) is 9.84 Å². The largest absolute Gasteiger partial charge is 0.489 e. The zero-order valence-corrected chi connectivity index (χ0v) is 16.6. The van der Waals surface area contributed by atoms with E-state index in [4.69, 9.17) is 16.3 Å². The summed E-state index contributed by atoms with van der Waals surface area (Å²) in [5.74, 6) is 0.247. The van der Waals surface area contributed by atoms with Crippen LogP contribution in [0.3, 0.4) is 0 Å². The first kappa shape index (κ1) is 20.6. The van der Waals surface area contributed by atoms with Crippen molar-refractivity contribution in [2.75, 3.05) is 0 Å². The lowest BCUT2D eigenvalue weighted by Gasteiger charge is -2.07. The molecule has 0 aliphatic carbocycles. The molecule has 146 valence electrons. The summed E-state index contributed by atoms with van der Waals surface area (Å²) in [5, 5.41) is 9.75. The molecule has 0 aliphatic heterocycles. The van der Waals surface area contributed by atoms with Crippen LogP contribution in [-0.2, 0) is 16.4 Å². The average Bonchev–Trinajstić information content (AvgIpc) is 2.72. The molecule has 0 spiro atoms. The van der Waals surface area contributed by atoms with E-state index in [1.165, 1.54) is 42.5 Å². The third-order valence-corrected chi connectivity index (χ3v) is 5.95. The van der Waals surface area contributed by atoms with Crippen LogP contribution in [0.2, 0.25) is 5.02 Å². The van der Waals surface area contributed by atoms with E-state index in [-0.39, 0.29) is 22.2 Å². The second-order valence-electron chi connectivity index (χ2n) is 6.06. The van der Waals surface area contributed by atoms with Gasteiger partial charge in [0.15, 0.2) is 0 Å². The number of ether oxygens (including phenoxy) is 1. The highest BCUT2D eigenvalue weighted by atomic mass is 35.5. The fraction of sp³-hybridized carbons (Fsp3) is 0.0455. The number of hydrogen-bond donors (Lipinski definition) is 0. The van der Waals surface area contributed by atoms with Gasteiger partial charge in [0.25, 0.3) is 0 Å². The van der Waals surface area contributed by atoms with Crippen LogP contribution in [0.15, 0.2) is 82.6 Å². The van der Waals surface area contributed by atoms with Crippen molar-refractivity contribution in [1.29, 1.82) is 5.26 Å². The number of nitrogens with zero attached hydrogens (tertiary/aromatic N) is 1. The summed E-state index contributed by atoms with van der Waals surface area (Å²) in [6.07, 6.45) is 1.30. The van der Waals surface area contributed by atoms with Gasteiger partial charge in [0, 0.05) is 5.02 Å². The zero-order valence-electron chi connectivity index (χ0n) is 15.0. The van der Waals surface area contributed by atoms with Gasteiger partial charge < -0.3 is 4.74 Å². The van der Waals surface area contributed by atoms with Gasteiger partial charge in [0.1, 0.15) is 29.1 Å². The molecule has 0 aliphatic rings. The minimum atomic E-state index is -3.95. The Morgan fingerprint density at radius 2 is 1.62 bits per heavy atom. The van der Waals surface area contributed by atoms with Crippen LogP contribution in [0, 0.1) is 17.1 Å². The molecule has 0 bridgehead atoms. The van der Waals surface area contributed by atoms with E-state index >= 15 is 0 Å². The van der Waals surface area contributed by atoms with Crippen LogP contribution in [-0.4, -0.2) is 8.42 Å². The van der Waals surface area contributed by atoms with Crippen molar-refractivity contribution in [2.45, 2.75) is 11.5 Å². The molecule has 3 rings (SSSR count). The number of sulfone groups is 1. The molecule has 0 radical (unpaired) electrons. The third-order valence-electron chi connectivity index (χ3n) is 4.02. The molecule has 4 nitrogen and oxygen atoms in total. The van der Waals surface area contributed by atoms with Crippen LogP contribution >= 0.6 is 11.6 Å². The molecular formula is C22H15ClFNO3S. The Kier molecular flexibility index (Phi) is 6.32. The van der Waals surface area contributed by atoms with Gasteiger partial charge in [-0.25, -0.2) is 12.8 Å². The highest BCUT2D eigenvalue weighted by Crippen LogP contribution is 2.23. The Labute approximate surface area is 173 Å². The van der Waals surface area contributed by atoms with E-state index in [0.29, 0.717) is 16.3 Å². The number of allylic oxidation sites excluding steroid dienone is 1. The van der Waals surface area contributed by atoms with E-state index in [1.807, 2.05) is 0 Å². The van der Waals surface area contributed by atoms with Gasteiger partial charge in [-0.2, -0.15) is 5.26 Å². The Balaban J connectivity index is 1.75. The number of nitriles is 1. The van der Waals surface area contributed by atoms with E-state index in [1.54, 1.807) is 42.5 Å². The van der Waals surface area contributed by atoms with Crippen molar-refractivity contribution in [3.63, 3.8) is 0 Å². The number of benzene rings is 3. The molecule has 0 atom stereocenters. The molecule has 0 fully saturated rings. The lowest BCUT2D eigenvalue weighted by molar-refractivity contribution is 0.306. The first-order chi connectivity index (χ1) is 13.9. The smallest absolute Gasteiger partial charge is 0.216 e. The van der Waals surface area contributed by atoms with Gasteiger partial charge in [-0.3, -0.25) is 0 Å². The average molecular weight is 428 g/mol. The minimum absolute atomic E-state index is 0.00560. The second-order valence-corrected chi connectivity index (χ2v) is 8.42.